The Morgan fingerprint density at radius 3 is 3.06 bits per heavy atom. The lowest BCUT2D eigenvalue weighted by molar-refractivity contribution is 0.398. The summed E-state index contributed by atoms with van der Waals surface area (Å²) in [6, 6.07) is 6.00. The number of nitrogens with one attached hydrogen (secondary N) is 1. The minimum atomic E-state index is -0.672. The van der Waals surface area contributed by atoms with Crippen LogP contribution in [-0.4, -0.2) is 27.7 Å². The maximum Gasteiger partial charge on any atom is 0.198 e. The van der Waals surface area contributed by atoms with Gasteiger partial charge in [0.1, 0.15) is 11.3 Å². The zero-order chi connectivity index (χ0) is 12.6. The molecule has 0 spiro atoms. The molecule has 94 valence electrons. The molecule has 0 aliphatic heterocycles. The van der Waals surface area contributed by atoms with Crippen LogP contribution >= 0.6 is 0 Å². The largest absolute Gasteiger partial charge is 0.497 e. The van der Waals surface area contributed by atoms with Gasteiger partial charge in [0.25, 0.3) is 0 Å². The Hall–Kier alpha value is -1.95. The fourth-order valence-corrected chi connectivity index (χ4v) is 2.59. The Morgan fingerprint density at radius 2 is 2.33 bits per heavy atom. The van der Waals surface area contributed by atoms with Gasteiger partial charge in [0.2, 0.25) is 0 Å². The average Bonchev–Trinajstić information content (AvgIpc) is 2.93. The molecule has 3 N–H and O–H groups in total. The molecule has 1 aromatic carbocycles. The van der Waals surface area contributed by atoms with Crippen molar-refractivity contribution in [3.05, 3.63) is 35.2 Å². The number of H-pyrrole nitrogens is 1. The van der Waals surface area contributed by atoms with Gasteiger partial charge in [-0.05, 0) is 42.5 Å². The molecule has 0 bridgehead atoms. The molecule has 0 radical (unpaired) electrons. The zero-order valence-corrected chi connectivity index (χ0v) is 10.2. The molecular weight excluding hydrogens is 230 g/mol. The van der Waals surface area contributed by atoms with Crippen molar-refractivity contribution < 1.29 is 4.74 Å². The van der Waals surface area contributed by atoms with E-state index in [0.29, 0.717) is 5.82 Å². The number of rotatable bonds is 2. The van der Waals surface area contributed by atoms with Gasteiger partial charge in [0.15, 0.2) is 5.82 Å². The Labute approximate surface area is 105 Å². The monoisotopic (exact) mass is 245 g/mol. The van der Waals surface area contributed by atoms with Gasteiger partial charge in [-0.25, -0.2) is 0 Å². The van der Waals surface area contributed by atoms with Crippen LogP contribution < -0.4 is 10.5 Å². The highest BCUT2D eigenvalue weighted by molar-refractivity contribution is 5.44. The van der Waals surface area contributed by atoms with E-state index in [1.807, 2.05) is 12.1 Å². The van der Waals surface area contributed by atoms with Crippen molar-refractivity contribution in [3.8, 4) is 5.75 Å². The summed E-state index contributed by atoms with van der Waals surface area (Å²) < 4.78 is 5.27. The number of hydrogen-bond donors (Lipinski definition) is 2. The Kier molecular flexibility index (Phi) is 2.52. The fraction of sp³-hybridized carbons (Fsp3) is 0.417. The molecule has 1 aromatic heterocycles. The minimum Gasteiger partial charge on any atom is -0.497 e. The molecule has 1 atom stereocenters. The molecule has 0 saturated carbocycles. The first kappa shape index (κ1) is 11.2. The van der Waals surface area contributed by atoms with Gasteiger partial charge >= 0.3 is 0 Å². The van der Waals surface area contributed by atoms with Crippen LogP contribution in [0.25, 0.3) is 0 Å². The molecule has 2 aromatic rings. The molecule has 1 aliphatic carbocycles. The second kappa shape index (κ2) is 4.06. The first-order chi connectivity index (χ1) is 8.74. The van der Waals surface area contributed by atoms with Gasteiger partial charge in [-0.2, -0.15) is 5.21 Å². The van der Waals surface area contributed by atoms with Crippen molar-refractivity contribution in [1.29, 1.82) is 0 Å². The van der Waals surface area contributed by atoms with Crippen LogP contribution in [0.2, 0.25) is 0 Å². The molecule has 6 heteroatoms. The number of aryl methyl sites for hydroxylation is 1. The lowest BCUT2D eigenvalue weighted by atomic mass is 9.76. The summed E-state index contributed by atoms with van der Waals surface area (Å²) in [5, 5.41) is 14.2. The molecule has 0 fully saturated rings. The van der Waals surface area contributed by atoms with Crippen molar-refractivity contribution in [1.82, 2.24) is 20.6 Å². The Morgan fingerprint density at radius 1 is 1.44 bits per heavy atom. The van der Waals surface area contributed by atoms with Crippen molar-refractivity contribution in [2.24, 2.45) is 5.73 Å². The summed E-state index contributed by atoms with van der Waals surface area (Å²) in [6.45, 7) is 0. The molecule has 6 nitrogen and oxygen atoms in total. The first-order valence-electron chi connectivity index (χ1n) is 5.94. The van der Waals surface area contributed by atoms with E-state index in [1.54, 1.807) is 7.11 Å². The van der Waals surface area contributed by atoms with E-state index in [1.165, 1.54) is 5.56 Å². The smallest absolute Gasteiger partial charge is 0.198 e. The number of ether oxygens (including phenoxy) is 1. The standard InChI is InChI=1S/C12H15N5O/c1-18-9-5-4-8-3-2-6-12(13,10(8)7-9)11-14-16-17-15-11/h4-5,7H,2-3,6,13H2,1H3,(H,14,15,16,17). The molecule has 1 heterocycles. The normalized spacial score (nSPS) is 22.6. The number of methoxy groups -OCH3 is 1. The van der Waals surface area contributed by atoms with Gasteiger partial charge in [0, 0.05) is 0 Å². The van der Waals surface area contributed by atoms with Crippen molar-refractivity contribution in [3.63, 3.8) is 0 Å². The van der Waals surface area contributed by atoms with Crippen LogP contribution in [0.15, 0.2) is 18.2 Å². The van der Waals surface area contributed by atoms with Gasteiger partial charge in [0.05, 0.1) is 7.11 Å². The predicted molar refractivity (Wildman–Crippen MR) is 65.1 cm³/mol. The lowest BCUT2D eigenvalue weighted by Gasteiger charge is -2.33. The highest BCUT2D eigenvalue weighted by Crippen LogP contribution is 2.38. The molecule has 3 rings (SSSR count). The number of aromatic nitrogens is 4. The van der Waals surface area contributed by atoms with Crippen LogP contribution in [0.4, 0.5) is 0 Å². The number of nitrogens with two attached hydrogens (primary N) is 1. The van der Waals surface area contributed by atoms with Gasteiger partial charge < -0.3 is 10.5 Å². The number of aromatic amines is 1. The van der Waals surface area contributed by atoms with Crippen LogP contribution in [0, 0.1) is 0 Å². The summed E-state index contributed by atoms with van der Waals surface area (Å²) >= 11 is 0. The van der Waals surface area contributed by atoms with E-state index in [0.717, 1.165) is 30.6 Å². The second-order valence-corrected chi connectivity index (χ2v) is 4.58. The van der Waals surface area contributed by atoms with Crippen LogP contribution in [-0.2, 0) is 12.0 Å². The number of nitrogens with zero attached hydrogens (tertiary/aromatic N) is 3. The third-order valence-electron chi connectivity index (χ3n) is 3.56. The molecule has 18 heavy (non-hydrogen) atoms. The number of tetrazole rings is 1. The Balaban J connectivity index is 2.16. The lowest BCUT2D eigenvalue weighted by Crippen LogP contribution is -2.42. The first-order valence-corrected chi connectivity index (χ1v) is 5.94. The van der Waals surface area contributed by atoms with E-state index < -0.39 is 5.54 Å². The molecule has 0 amide bonds. The average molecular weight is 245 g/mol. The van der Waals surface area contributed by atoms with E-state index in [9.17, 15) is 0 Å². The predicted octanol–water partition coefficient (Wildman–Crippen LogP) is 0.747. The minimum absolute atomic E-state index is 0.539. The van der Waals surface area contributed by atoms with Crippen LogP contribution in [0.3, 0.4) is 0 Å². The summed E-state index contributed by atoms with van der Waals surface area (Å²) in [5.74, 6) is 1.34. The summed E-state index contributed by atoms with van der Waals surface area (Å²) in [4.78, 5) is 0. The van der Waals surface area contributed by atoms with Gasteiger partial charge in [-0.15, -0.1) is 10.2 Å². The zero-order valence-electron chi connectivity index (χ0n) is 10.2. The molecule has 1 unspecified atom stereocenters. The summed E-state index contributed by atoms with van der Waals surface area (Å²) in [5.41, 5.74) is 8.12. The fourth-order valence-electron chi connectivity index (χ4n) is 2.59. The number of hydrogen-bond acceptors (Lipinski definition) is 5. The molecular formula is C12H15N5O. The SMILES string of the molecule is COc1ccc2c(c1)C(N)(c1nn[nH]n1)CCC2. The van der Waals surface area contributed by atoms with Gasteiger partial charge in [-0.3, -0.25) is 0 Å². The van der Waals surface area contributed by atoms with Crippen LogP contribution in [0.1, 0.15) is 29.8 Å². The third-order valence-corrected chi connectivity index (χ3v) is 3.56. The van der Waals surface area contributed by atoms with E-state index >= 15 is 0 Å². The summed E-state index contributed by atoms with van der Waals surface area (Å²) in [6.07, 6.45) is 2.85. The van der Waals surface area contributed by atoms with Crippen LogP contribution in [0.5, 0.6) is 5.75 Å². The summed E-state index contributed by atoms with van der Waals surface area (Å²) in [7, 11) is 1.65. The van der Waals surface area contributed by atoms with Crippen molar-refractivity contribution in [2.75, 3.05) is 7.11 Å². The number of fused-ring (bicyclic) bond motifs is 1. The highest BCUT2D eigenvalue weighted by atomic mass is 16.5. The highest BCUT2D eigenvalue weighted by Gasteiger charge is 2.38. The van der Waals surface area contributed by atoms with Crippen molar-refractivity contribution >= 4 is 0 Å². The molecule has 1 aliphatic rings. The van der Waals surface area contributed by atoms with E-state index in [2.05, 4.69) is 26.7 Å². The van der Waals surface area contributed by atoms with E-state index in [4.69, 9.17) is 10.5 Å². The maximum atomic E-state index is 6.52. The van der Waals surface area contributed by atoms with Gasteiger partial charge in [-0.1, -0.05) is 11.3 Å². The topological polar surface area (TPSA) is 89.7 Å². The maximum absolute atomic E-state index is 6.52. The quantitative estimate of drug-likeness (QED) is 0.814. The third kappa shape index (κ3) is 1.57. The second-order valence-electron chi connectivity index (χ2n) is 4.58. The molecule has 0 saturated heterocycles. The number of benzene rings is 1. The van der Waals surface area contributed by atoms with Crippen molar-refractivity contribution in [2.45, 2.75) is 24.8 Å². The van der Waals surface area contributed by atoms with E-state index in [-0.39, 0.29) is 0 Å². The Bertz CT molecular complexity index is 554.